The molecule has 48 heavy (non-hydrogen) atoms. The Kier molecular flexibility index (Phi) is 6.12. The SMILES string of the molecule is c1ccc(-c2sc3cc4oc5c(-c6c7ccccc7c(-c7ccccc7)c7ccccc67)cccc5c4cc3c2-c2ccccc2)cc1. The van der Waals surface area contributed by atoms with Gasteiger partial charge in [-0.1, -0.05) is 158 Å². The molecule has 0 bridgehead atoms. The van der Waals surface area contributed by atoms with E-state index in [0.29, 0.717) is 0 Å². The van der Waals surface area contributed by atoms with Crippen LogP contribution in [-0.2, 0) is 0 Å². The van der Waals surface area contributed by atoms with Gasteiger partial charge in [-0.2, -0.15) is 0 Å². The van der Waals surface area contributed by atoms with Crippen molar-refractivity contribution < 1.29 is 4.42 Å². The van der Waals surface area contributed by atoms with Gasteiger partial charge in [-0.25, -0.2) is 0 Å². The topological polar surface area (TPSA) is 13.1 Å². The first kappa shape index (κ1) is 27.2. The van der Waals surface area contributed by atoms with Crippen LogP contribution < -0.4 is 0 Å². The summed E-state index contributed by atoms with van der Waals surface area (Å²) in [5.41, 5.74) is 10.4. The monoisotopic (exact) mass is 628 g/mol. The van der Waals surface area contributed by atoms with Gasteiger partial charge < -0.3 is 4.42 Å². The Morgan fingerprint density at radius 2 is 0.854 bits per heavy atom. The molecule has 0 aliphatic carbocycles. The second-order valence-electron chi connectivity index (χ2n) is 12.4. The lowest BCUT2D eigenvalue weighted by atomic mass is 9.85. The van der Waals surface area contributed by atoms with E-state index >= 15 is 0 Å². The van der Waals surface area contributed by atoms with Gasteiger partial charge in [0.15, 0.2) is 0 Å². The van der Waals surface area contributed by atoms with E-state index in [9.17, 15) is 0 Å². The van der Waals surface area contributed by atoms with E-state index in [-0.39, 0.29) is 0 Å². The Morgan fingerprint density at radius 1 is 0.354 bits per heavy atom. The van der Waals surface area contributed by atoms with Crippen LogP contribution >= 0.6 is 11.3 Å². The molecule has 0 unspecified atom stereocenters. The minimum atomic E-state index is 0.917. The van der Waals surface area contributed by atoms with E-state index in [0.717, 1.165) is 27.5 Å². The molecule has 0 fully saturated rings. The van der Waals surface area contributed by atoms with Crippen molar-refractivity contribution in [1.29, 1.82) is 0 Å². The van der Waals surface area contributed by atoms with E-state index in [1.165, 1.54) is 69.9 Å². The maximum absolute atomic E-state index is 6.93. The fourth-order valence-electron chi connectivity index (χ4n) is 7.60. The molecule has 1 nitrogen and oxygen atoms in total. The first-order chi connectivity index (χ1) is 23.8. The molecular weight excluding hydrogens is 601 g/mol. The van der Waals surface area contributed by atoms with Crippen molar-refractivity contribution in [2.75, 3.05) is 0 Å². The fourth-order valence-corrected chi connectivity index (χ4v) is 8.84. The van der Waals surface area contributed by atoms with Crippen LogP contribution in [0.2, 0.25) is 0 Å². The molecule has 8 aromatic carbocycles. The number of hydrogen-bond acceptors (Lipinski definition) is 2. The first-order valence-corrected chi connectivity index (χ1v) is 17.2. The number of thiophene rings is 1. The number of rotatable bonds is 4. The summed E-state index contributed by atoms with van der Waals surface area (Å²) in [6.07, 6.45) is 0. The van der Waals surface area contributed by atoms with Gasteiger partial charge >= 0.3 is 0 Å². The van der Waals surface area contributed by atoms with Crippen LogP contribution in [-0.4, -0.2) is 0 Å². The number of para-hydroxylation sites is 1. The highest BCUT2D eigenvalue weighted by molar-refractivity contribution is 7.23. The van der Waals surface area contributed by atoms with Crippen LogP contribution in [0.5, 0.6) is 0 Å². The van der Waals surface area contributed by atoms with E-state index in [1.54, 1.807) is 0 Å². The molecule has 2 aromatic heterocycles. The van der Waals surface area contributed by atoms with Crippen LogP contribution in [0, 0.1) is 0 Å². The van der Waals surface area contributed by atoms with E-state index < -0.39 is 0 Å². The zero-order chi connectivity index (χ0) is 31.6. The van der Waals surface area contributed by atoms with E-state index in [4.69, 9.17) is 4.42 Å². The lowest BCUT2D eigenvalue weighted by molar-refractivity contribution is 0.670. The molecule has 2 heteroatoms. The van der Waals surface area contributed by atoms with E-state index in [1.807, 2.05) is 11.3 Å². The van der Waals surface area contributed by atoms with Crippen molar-refractivity contribution in [3.63, 3.8) is 0 Å². The highest BCUT2D eigenvalue weighted by atomic mass is 32.1. The third kappa shape index (κ3) is 4.10. The molecule has 0 atom stereocenters. The quantitative estimate of drug-likeness (QED) is 0.177. The Morgan fingerprint density at radius 3 is 1.46 bits per heavy atom. The molecular formula is C46H28OS. The Bertz CT molecular complexity index is 2750. The van der Waals surface area contributed by atoms with Crippen molar-refractivity contribution in [1.82, 2.24) is 0 Å². The summed E-state index contributed by atoms with van der Waals surface area (Å²) in [7, 11) is 0. The molecule has 224 valence electrons. The number of furan rings is 1. The first-order valence-electron chi connectivity index (χ1n) is 16.4. The molecule has 2 heterocycles. The van der Waals surface area contributed by atoms with Gasteiger partial charge in [-0.15, -0.1) is 11.3 Å². The van der Waals surface area contributed by atoms with Gasteiger partial charge in [-0.05, 0) is 55.9 Å². The third-order valence-corrected chi connectivity index (χ3v) is 10.9. The van der Waals surface area contributed by atoms with E-state index in [2.05, 4.69) is 170 Å². The van der Waals surface area contributed by atoms with Crippen LogP contribution in [0.15, 0.2) is 174 Å². The predicted molar refractivity (Wildman–Crippen MR) is 206 cm³/mol. The Hall–Kier alpha value is -5.96. The summed E-state index contributed by atoms with van der Waals surface area (Å²) in [6.45, 7) is 0. The van der Waals surface area contributed by atoms with Crippen molar-refractivity contribution in [2.24, 2.45) is 0 Å². The van der Waals surface area contributed by atoms with Crippen LogP contribution in [0.3, 0.4) is 0 Å². The third-order valence-electron chi connectivity index (χ3n) is 9.67. The Labute approximate surface area is 282 Å². The second kappa shape index (κ2) is 10.8. The Balaban J connectivity index is 1.27. The van der Waals surface area contributed by atoms with Crippen molar-refractivity contribution in [3.05, 3.63) is 170 Å². The van der Waals surface area contributed by atoms with Gasteiger partial charge in [0.25, 0.3) is 0 Å². The van der Waals surface area contributed by atoms with Crippen LogP contribution in [0.4, 0.5) is 0 Å². The van der Waals surface area contributed by atoms with Gasteiger partial charge in [0, 0.05) is 42.4 Å². The summed E-state index contributed by atoms with van der Waals surface area (Å²) in [6, 6.07) is 61.2. The summed E-state index contributed by atoms with van der Waals surface area (Å²) in [4.78, 5) is 1.28. The minimum Gasteiger partial charge on any atom is -0.455 e. The lowest BCUT2D eigenvalue weighted by Crippen LogP contribution is -1.90. The number of fused-ring (bicyclic) bond motifs is 6. The molecule has 0 amide bonds. The van der Waals surface area contributed by atoms with Gasteiger partial charge in [-0.3, -0.25) is 0 Å². The maximum Gasteiger partial charge on any atom is 0.143 e. The summed E-state index contributed by atoms with van der Waals surface area (Å²) in [5, 5.41) is 8.47. The highest BCUT2D eigenvalue weighted by Gasteiger charge is 2.22. The zero-order valence-corrected chi connectivity index (χ0v) is 26.8. The lowest BCUT2D eigenvalue weighted by Gasteiger charge is -2.17. The molecule has 0 N–H and O–H groups in total. The molecule has 0 radical (unpaired) electrons. The van der Waals surface area contributed by atoms with Crippen LogP contribution in [0.1, 0.15) is 0 Å². The molecule has 0 aliphatic heterocycles. The largest absolute Gasteiger partial charge is 0.455 e. The number of benzene rings is 8. The average Bonchev–Trinajstić information content (AvgIpc) is 3.72. The maximum atomic E-state index is 6.93. The fraction of sp³-hybridized carbons (Fsp3) is 0. The second-order valence-corrected chi connectivity index (χ2v) is 13.4. The van der Waals surface area contributed by atoms with Crippen LogP contribution in [0.25, 0.3) is 97.4 Å². The standard InChI is InChI=1S/C46H28OS/c1-4-15-29(16-5-1)42-32-21-10-12-23-34(32)44(35-24-13-11-22-33(35)42)37-26-14-25-36-38-27-39-41(28-40(38)47-45(36)37)48-46(31-19-8-3-9-20-31)43(39)30-17-6-2-7-18-30/h1-28H. The molecule has 10 aromatic rings. The molecule has 0 saturated heterocycles. The summed E-state index contributed by atoms with van der Waals surface area (Å²) < 4.78 is 8.15. The minimum absolute atomic E-state index is 0.917. The predicted octanol–water partition coefficient (Wildman–Crippen LogP) is 13.8. The number of hydrogen-bond donors (Lipinski definition) is 0. The average molecular weight is 629 g/mol. The van der Waals surface area contributed by atoms with Crippen molar-refractivity contribution in [2.45, 2.75) is 0 Å². The zero-order valence-electron chi connectivity index (χ0n) is 26.0. The van der Waals surface area contributed by atoms with Gasteiger partial charge in [0.2, 0.25) is 0 Å². The molecule has 10 rings (SSSR count). The molecule has 0 spiro atoms. The van der Waals surface area contributed by atoms with Crippen molar-refractivity contribution in [3.8, 4) is 43.8 Å². The highest BCUT2D eigenvalue weighted by Crippen LogP contribution is 2.49. The summed E-state index contributed by atoms with van der Waals surface area (Å²) >= 11 is 1.84. The van der Waals surface area contributed by atoms with Gasteiger partial charge in [0.1, 0.15) is 11.2 Å². The van der Waals surface area contributed by atoms with Gasteiger partial charge in [0.05, 0.1) is 0 Å². The summed E-state index contributed by atoms with van der Waals surface area (Å²) in [5.74, 6) is 0. The molecule has 0 saturated carbocycles. The normalized spacial score (nSPS) is 11.8. The molecule has 0 aliphatic rings. The van der Waals surface area contributed by atoms with Crippen molar-refractivity contribution >= 4 is 64.9 Å². The smallest absolute Gasteiger partial charge is 0.143 e.